The minimum atomic E-state index is -0.597. The number of hydrogen-bond acceptors (Lipinski definition) is 1. The minimum Gasteiger partial charge on any atom is -0.455 e. The average Bonchev–Trinajstić information content (AvgIpc) is 3.49. The van der Waals surface area contributed by atoms with Crippen molar-refractivity contribution in [1.29, 1.82) is 0 Å². The van der Waals surface area contributed by atoms with Crippen molar-refractivity contribution in [3.8, 4) is 33.8 Å². The van der Waals surface area contributed by atoms with E-state index in [9.17, 15) is 0 Å². The van der Waals surface area contributed by atoms with Crippen molar-refractivity contribution in [3.63, 3.8) is 0 Å². The molecule has 0 aliphatic heterocycles. The fourth-order valence-electron chi connectivity index (χ4n) is 5.95. The predicted octanol–water partition coefficient (Wildman–Crippen LogP) is 9.63. The van der Waals surface area contributed by atoms with Crippen molar-refractivity contribution in [3.05, 3.63) is 167 Å². The lowest BCUT2D eigenvalue weighted by atomic mass is 9.67. The van der Waals surface area contributed by atoms with Gasteiger partial charge in [0.05, 0.1) is 5.41 Å². The number of hydrogen-bond donors (Lipinski definition) is 0. The first-order valence-electron chi connectivity index (χ1n) is 12.5. The zero-order valence-corrected chi connectivity index (χ0v) is 20.8. The maximum Gasteiger partial charge on any atom is 0.142 e. The third kappa shape index (κ3) is 3.25. The molecule has 0 unspecified atom stereocenters. The molecule has 0 atom stereocenters. The molecule has 0 amide bonds. The highest BCUT2D eigenvalue weighted by Crippen LogP contribution is 2.62. The summed E-state index contributed by atoms with van der Waals surface area (Å²) >= 11 is 6.73. The lowest BCUT2D eigenvalue weighted by Crippen LogP contribution is -2.28. The molecule has 7 rings (SSSR count). The molecular weight excluding hydrogens is 472 g/mol. The molecule has 1 aliphatic carbocycles. The van der Waals surface area contributed by atoms with Crippen LogP contribution in [0.4, 0.5) is 0 Å². The van der Waals surface area contributed by atoms with Gasteiger partial charge in [0.1, 0.15) is 11.5 Å². The third-order valence-electron chi connectivity index (χ3n) is 7.42. The summed E-state index contributed by atoms with van der Waals surface area (Å²) in [5.74, 6) is 1.77. The van der Waals surface area contributed by atoms with Crippen LogP contribution < -0.4 is 0 Å². The van der Waals surface area contributed by atoms with Gasteiger partial charge in [-0.3, -0.25) is 0 Å². The third-order valence-corrected chi connectivity index (χ3v) is 7.66. The summed E-state index contributed by atoms with van der Waals surface area (Å²) < 4.78 is 6.91. The van der Waals surface area contributed by atoms with E-state index >= 15 is 0 Å². The second-order valence-electron chi connectivity index (χ2n) is 9.41. The van der Waals surface area contributed by atoms with E-state index in [2.05, 4.69) is 121 Å². The largest absolute Gasteiger partial charge is 0.455 e. The molecule has 1 heterocycles. The summed E-state index contributed by atoms with van der Waals surface area (Å²) in [5, 5.41) is 0.722. The highest BCUT2D eigenvalue weighted by molar-refractivity contribution is 6.30. The van der Waals surface area contributed by atoms with Crippen molar-refractivity contribution in [2.75, 3.05) is 0 Å². The number of benzene rings is 5. The Bertz CT molecular complexity index is 1660. The molecule has 0 fully saturated rings. The lowest BCUT2D eigenvalue weighted by molar-refractivity contribution is 0.587. The van der Waals surface area contributed by atoms with E-state index in [1.54, 1.807) is 0 Å². The second kappa shape index (κ2) is 8.65. The van der Waals surface area contributed by atoms with E-state index in [-0.39, 0.29) is 0 Å². The normalized spacial score (nSPS) is 13.2. The molecule has 176 valence electrons. The van der Waals surface area contributed by atoms with Crippen LogP contribution >= 0.6 is 11.6 Å². The van der Waals surface area contributed by atoms with Gasteiger partial charge in [0, 0.05) is 27.3 Å². The maximum atomic E-state index is 6.91. The molecule has 2 heteroatoms. The van der Waals surface area contributed by atoms with Gasteiger partial charge < -0.3 is 4.42 Å². The van der Waals surface area contributed by atoms with Gasteiger partial charge in [-0.15, -0.1) is 0 Å². The van der Waals surface area contributed by atoms with Crippen LogP contribution in [0.3, 0.4) is 0 Å². The average molecular weight is 495 g/mol. The molecule has 0 N–H and O–H groups in total. The Hall–Kier alpha value is -4.33. The summed E-state index contributed by atoms with van der Waals surface area (Å²) in [6.45, 7) is 0. The zero-order chi connectivity index (χ0) is 24.8. The molecule has 6 aromatic rings. The first-order valence-corrected chi connectivity index (χ1v) is 12.9. The van der Waals surface area contributed by atoms with Crippen LogP contribution in [0, 0.1) is 0 Å². The fourth-order valence-corrected chi connectivity index (χ4v) is 6.13. The molecule has 1 nitrogen and oxygen atoms in total. The number of fused-ring (bicyclic) bond motifs is 3. The van der Waals surface area contributed by atoms with Gasteiger partial charge in [0.15, 0.2) is 0 Å². The van der Waals surface area contributed by atoms with Crippen LogP contribution in [-0.4, -0.2) is 0 Å². The van der Waals surface area contributed by atoms with Gasteiger partial charge in [0.25, 0.3) is 0 Å². The number of furan rings is 1. The Morgan fingerprint density at radius 2 is 1.00 bits per heavy atom. The summed E-state index contributed by atoms with van der Waals surface area (Å²) in [6, 6.07) is 48.6. The standard InChI is InChI=1S/C35H23ClO/c36-28-21-22-29-30(23-28)35(26-17-9-3-10-18-26,27-19-11-4-12-20-27)32-31(29)33(24-13-5-1-6-14-24)37-34(32)25-15-7-2-8-16-25/h1-23H. The topological polar surface area (TPSA) is 13.1 Å². The van der Waals surface area contributed by atoms with Gasteiger partial charge >= 0.3 is 0 Å². The first kappa shape index (κ1) is 21.9. The molecular formula is C35H23ClO. The van der Waals surface area contributed by atoms with Gasteiger partial charge in [-0.1, -0.05) is 139 Å². The SMILES string of the molecule is Clc1ccc2c(c1)C(c1ccccc1)(c1ccccc1)c1c(-c3ccccc3)oc(-c3ccccc3)c1-2. The summed E-state index contributed by atoms with van der Waals surface area (Å²) in [4.78, 5) is 0. The molecule has 0 saturated carbocycles. The summed E-state index contributed by atoms with van der Waals surface area (Å²) in [6.07, 6.45) is 0. The van der Waals surface area contributed by atoms with Gasteiger partial charge in [-0.2, -0.15) is 0 Å². The van der Waals surface area contributed by atoms with Gasteiger partial charge in [-0.05, 0) is 34.4 Å². The quantitative estimate of drug-likeness (QED) is 0.237. The molecule has 0 radical (unpaired) electrons. The monoisotopic (exact) mass is 494 g/mol. The Morgan fingerprint density at radius 3 is 1.54 bits per heavy atom. The maximum absolute atomic E-state index is 6.91. The van der Waals surface area contributed by atoms with Crippen LogP contribution in [0.25, 0.3) is 33.8 Å². The Morgan fingerprint density at radius 1 is 0.514 bits per heavy atom. The number of halogens is 1. The van der Waals surface area contributed by atoms with Crippen molar-refractivity contribution in [2.45, 2.75) is 5.41 Å². The van der Waals surface area contributed by atoms with E-state index in [1.165, 1.54) is 16.7 Å². The van der Waals surface area contributed by atoms with Crippen LogP contribution in [0.5, 0.6) is 0 Å². The van der Waals surface area contributed by atoms with Crippen LogP contribution in [0.2, 0.25) is 5.02 Å². The van der Waals surface area contributed by atoms with Gasteiger partial charge in [0.2, 0.25) is 0 Å². The van der Waals surface area contributed by atoms with E-state index in [1.807, 2.05) is 18.2 Å². The summed E-state index contributed by atoms with van der Waals surface area (Å²) in [7, 11) is 0. The molecule has 0 saturated heterocycles. The Labute approximate surface area is 221 Å². The molecule has 0 spiro atoms. The highest BCUT2D eigenvalue weighted by atomic mass is 35.5. The van der Waals surface area contributed by atoms with E-state index in [0.717, 1.165) is 44.4 Å². The zero-order valence-electron chi connectivity index (χ0n) is 20.1. The fraction of sp³-hybridized carbons (Fsp3) is 0.0286. The molecule has 1 aromatic heterocycles. The van der Waals surface area contributed by atoms with E-state index in [4.69, 9.17) is 16.0 Å². The Balaban J connectivity index is 1.71. The van der Waals surface area contributed by atoms with E-state index < -0.39 is 5.41 Å². The smallest absolute Gasteiger partial charge is 0.142 e. The molecule has 1 aliphatic rings. The van der Waals surface area contributed by atoms with Crippen LogP contribution in [0.1, 0.15) is 22.3 Å². The van der Waals surface area contributed by atoms with Gasteiger partial charge in [-0.25, -0.2) is 0 Å². The second-order valence-corrected chi connectivity index (χ2v) is 9.85. The minimum absolute atomic E-state index is 0.597. The van der Waals surface area contributed by atoms with Crippen molar-refractivity contribution in [1.82, 2.24) is 0 Å². The van der Waals surface area contributed by atoms with Crippen LogP contribution in [0.15, 0.2) is 144 Å². The highest BCUT2D eigenvalue weighted by Gasteiger charge is 2.51. The Kier molecular flexibility index (Phi) is 5.13. The first-order chi connectivity index (χ1) is 18.3. The molecule has 0 bridgehead atoms. The predicted molar refractivity (Wildman–Crippen MR) is 152 cm³/mol. The number of rotatable bonds is 4. The molecule has 37 heavy (non-hydrogen) atoms. The van der Waals surface area contributed by atoms with Crippen molar-refractivity contribution in [2.24, 2.45) is 0 Å². The van der Waals surface area contributed by atoms with E-state index in [0.29, 0.717) is 0 Å². The summed E-state index contributed by atoms with van der Waals surface area (Å²) in [5.41, 5.74) is 8.48. The lowest BCUT2D eigenvalue weighted by Gasteiger charge is -2.33. The van der Waals surface area contributed by atoms with Crippen LogP contribution in [-0.2, 0) is 5.41 Å². The molecule has 5 aromatic carbocycles. The van der Waals surface area contributed by atoms with Crippen molar-refractivity contribution < 1.29 is 4.42 Å². The van der Waals surface area contributed by atoms with Crippen molar-refractivity contribution >= 4 is 11.6 Å².